The van der Waals surface area contributed by atoms with E-state index in [0.717, 1.165) is 12.2 Å². The quantitative estimate of drug-likeness (QED) is 0.864. The minimum Gasteiger partial charge on any atom is -0.493 e. The van der Waals surface area contributed by atoms with E-state index in [1.807, 2.05) is 42.6 Å². The van der Waals surface area contributed by atoms with Crippen LogP contribution in [-0.2, 0) is 6.42 Å². The highest BCUT2D eigenvalue weighted by Gasteiger charge is 2.06. The van der Waals surface area contributed by atoms with E-state index in [2.05, 4.69) is 6.07 Å². The molecule has 0 aliphatic heterocycles. The molecule has 1 atom stereocenters. The summed E-state index contributed by atoms with van der Waals surface area (Å²) in [7, 11) is 0. The van der Waals surface area contributed by atoms with Crippen molar-refractivity contribution in [2.24, 2.45) is 0 Å². The Labute approximate surface area is 112 Å². The maximum absolute atomic E-state index is 9.88. The van der Waals surface area contributed by atoms with Crippen LogP contribution < -0.4 is 4.74 Å². The fourth-order valence-corrected chi connectivity index (χ4v) is 2.56. The number of aryl methyl sites for hydroxylation is 1. The molecule has 1 unspecified atom stereocenters. The van der Waals surface area contributed by atoms with E-state index >= 15 is 0 Å². The Morgan fingerprint density at radius 2 is 2.17 bits per heavy atom. The molecule has 0 bridgehead atoms. The van der Waals surface area contributed by atoms with Crippen molar-refractivity contribution in [1.82, 2.24) is 0 Å². The zero-order valence-electron chi connectivity index (χ0n) is 10.5. The van der Waals surface area contributed by atoms with Gasteiger partial charge in [-0.05, 0) is 36.1 Å². The Hall–Kier alpha value is -1.32. The summed E-state index contributed by atoms with van der Waals surface area (Å²) in [4.78, 5) is 1.22. The summed E-state index contributed by atoms with van der Waals surface area (Å²) in [6.07, 6.45) is 1.05. The van der Waals surface area contributed by atoms with E-state index in [0.29, 0.717) is 13.0 Å². The number of hydrogen-bond acceptors (Lipinski definition) is 3. The molecule has 96 valence electrons. The third kappa shape index (κ3) is 4.17. The molecule has 0 fully saturated rings. The van der Waals surface area contributed by atoms with Gasteiger partial charge >= 0.3 is 0 Å². The third-order valence-corrected chi connectivity index (χ3v) is 3.62. The number of ether oxygens (including phenoxy) is 1. The van der Waals surface area contributed by atoms with Gasteiger partial charge in [-0.3, -0.25) is 0 Å². The van der Waals surface area contributed by atoms with Crippen LogP contribution in [0.4, 0.5) is 0 Å². The van der Waals surface area contributed by atoms with Crippen LogP contribution in [0.15, 0.2) is 41.8 Å². The van der Waals surface area contributed by atoms with Gasteiger partial charge in [0.25, 0.3) is 0 Å². The molecule has 2 rings (SSSR count). The maximum Gasteiger partial charge on any atom is 0.119 e. The molecule has 18 heavy (non-hydrogen) atoms. The van der Waals surface area contributed by atoms with Crippen LogP contribution >= 0.6 is 11.3 Å². The van der Waals surface area contributed by atoms with Crippen molar-refractivity contribution in [3.05, 3.63) is 52.2 Å². The molecule has 1 N–H and O–H groups in total. The van der Waals surface area contributed by atoms with Crippen LogP contribution in [0.2, 0.25) is 0 Å². The van der Waals surface area contributed by atoms with Crippen molar-refractivity contribution in [2.75, 3.05) is 6.61 Å². The van der Waals surface area contributed by atoms with Crippen LogP contribution in [0.5, 0.6) is 5.75 Å². The fourth-order valence-electron chi connectivity index (χ4n) is 1.78. The lowest BCUT2D eigenvalue weighted by molar-refractivity contribution is 0.140. The summed E-state index contributed by atoms with van der Waals surface area (Å²) >= 11 is 1.68. The second-order valence-electron chi connectivity index (χ2n) is 4.39. The molecule has 1 aromatic carbocycles. The number of rotatable bonds is 6. The molecule has 2 nitrogen and oxygen atoms in total. The predicted octanol–water partition coefficient (Wildman–Crippen LogP) is 3.43. The van der Waals surface area contributed by atoms with Gasteiger partial charge in [-0.2, -0.15) is 0 Å². The number of benzene rings is 1. The van der Waals surface area contributed by atoms with Crippen LogP contribution in [0.3, 0.4) is 0 Å². The normalized spacial score (nSPS) is 12.3. The Morgan fingerprint density at radius 3 is 2.89 bits per heavy atom. The first-order valence-corrected chi connectivity index (χ1v) is 7.02. The first kappa shape index (κ1) is 13.1. The lowest BCUT2D eigenvalue weighted by Crippen LogP contribution is -2.14. The van der Waals surface area contributed by atoms with Crippen LogP contribution in [-0.4, -0.2) is 17.8 Å². The molecule has 0 radical (unpaired) electrons. The largest absolute Gasteiger partial charge is 0.493 e. The minimum absolute atomic E-state index is 0.326. The Kier molecular flexibility index (Phi) is 4.79. The van der Waals surface area contributed by atoms with Crippen molar-refractivity contribution in [3.8, 4) is 5.75 Å². The number of hydrogen-bond donors (Lipinski definition) is 1. The Bertz CT molecular complexity index is 465. The van der Waals surface area contributed by atoms with Gasteiger partial charge in [0, 0.05) is 17.7 Å². The molecule has 1 heterocycles. The van der Waals surface area contributed by atoms with Crippen molar-refractivity contribution < 1.29 is 9.84 Å². The van der Waals surface area contributed by atoms with E-state index in [1.165, 1.54) is 10.4 Å². The molecule has 0 aliphatic rings. The topological polar surface area (TPSA) is 29.5 Å². The van der Waals surface area contributed by atoms with Crippen molar-refractivity contribution in [2.45, 2.75) is 25.9 Å². The van der Waals surface area contributed by atoms with E-state index in [-0.39, 0.29) is 6.10 Å². The van der Waals surface area contributed by atoms with Gasteiger partial charge in [0.05, 0.1) is 12.7 Å². The van der Waals surface area contributed by atoms with E-state index < -0.39 is 0 Å². The summed E-state index contributed by atoms with van der Waals surface area (Å²) in [6.45, 7) is 2.59. The molecule has 0 saturated heterocycles. The zero-order chi connectivity index (χ0) is 12.8. The molecule has 0 spiro atoms. The van der Waals surface area contributed by atoms with Crippen molar-refractivity contribution >= 4 is 11.3 Å². The highest BCUT2D eigenvalue weighted by atomic mass is 32.1. The van der Waals surface area contributed by atoms with Gasteiger partial charge in [-0.15, -0.1) is 11.3 Å². The van der Waals surface area contributed by atoms with Gasteiger partial charge in [-0.25, -0.2) is 0 Å². The van der Waals surface area contributed by atoms with Gasteiger partial charge in [-0.1, -0.05) is 18.2 Å². The summed E-state index contributed by atoms with van der Waals surface area (Å²) in [5.74, 6) is 0.873. The third-order valence-electron chi connectivity index (χ3n) is 2.73. The maximum atomic E-state index is 9.88. The zero-order valence-corrected chi connectivity index (χ0v) is 11.3. The molecule has 0 saturated carbocycles. The lowest BCUT2D eigenvalue weighted by Gasteiger charge is -2.11. The first-order valence-electron chi connectivity index (χ1n) is 6.14. The van der Waals surface area contributed by atoms with Crippen LogP contribution in [0, 0.1) is 6.92 Å². The minimum atomic E-state index is -0.326. The molecule has 0 aliphatic carbocycles. The van der Waals surface area contributed by atoms with E-state index in [1.54, 1.807) is 11.3 Å². The monoisotopic (exact) mass is 262 g/mol. The lowest BCUT2D eigenvalue weighted by atomic mass is 10.2. The van der Waals surface area contributed by atoms with Gasteiger partial charge < -0.3 is 9.84 Å². The molecule has 3 heteroatoms. The molecular formula is C15H18O2S. The molecular weight excluding hydrogens is 244 g/mol. The molecule has 0 amide bonds. The summed E-state index contributed by atoms with van der Waals surface area (Å²) in [5, 5.41) is 11.9. The second-order valence-corrected chi connectivity index (χ2v) is 5.42. The van der Waals surface area contributed by atoms with Crippen LogP contribution in [0.1, 0.15) is 16.9 Å². The van der Waals surface area contributed by atoms with Crippen molar-refractivity contribution in [1.29, 1.82) is 0 Å². The highest BCUT2D eigenvalue weighted by Crippen LogP contribution is 2.15. The Balaban J connectivity index is 1.72. The predicted molar refractivity (Wildman–Crippen MR) is 75.3 cm³/mol. The molecule has 1 aromatic heterocycles. The van der Waals surface area contributed by atoms with Crippen LogP contribution in [0.25, 0.3) is 0 Å². The second kappa shape index (κ2) is 6.57. The number of aliphatic hydroxyl groups excluding tert-OH is 1. The van der Waals surface area contributed by atoms with Crippen molar-refractivity contribution in [3.63, 3.8) is 0 Å². The van der Waals surface area contributed by atoms with Gasteiger partial charge in [0.2, 0.25) is 0 Å². The Morgan fingerprint density at radius 1 is 1.28 bits per heavy atom. The van der Waals surface area contributed by atoms with E-state index in [9.17, 15) is 5.11 Å². The van der Waals surface area contributed by atoms with Gasteiger partial charge in [0.15, 0.2) is 0 Å². The number of thiophene rings is 1. The fraction of sp³-hybridized carbons (Fsp3) is 0.333. The summed E-state index contributed by atoms with van der Waals surface area (Å²) < 4.78 is 5.62. The smallest absolute Gasteiger partial charge is 0.119 e. The number of aliphatic hydroxyl groups is 1. The summed E-state index contributed by atoms with van der Waals surface area (Å²) in [6, 6.07) is 12.0. The SMILES string of the molecule is Cc1cccc(OCCC(O)Cc2cccs2)c1. The van der Waals surface area contributed by atoms with Gasteiger partial charge in [0.1, 0.15) is 5.75 Å². The molecule has 2 aromatic rings. The highest BCUT2D eigenvalue weighted by molar-refractivity contribution is 7.09. The summed E-state index contributed by atoms with van der Waals surface area (Å²) in [5.41, 5.74) is 1.19. The first-order chi connectivity index (χ1) is 8.74. The standard InChI is InChI=1S/C15H18O2S/c1-12-4-2-5-14(10-12)17-8-7-13(16)11-15-6-3-9-18-15/h2-6,9-10,13,16H,7-8,11H2,1H3. The average molecular weight is 262 g/mol. The van der Waals surface area contributed by atoms with E-state index in [4.69, 9.17) is 4.74 Å². The average Bonchev–Trinajstić information content (AvgIpc) is 2.82.